The molecule has 0 aliphatic rings. The van der Waals surface area contributed by atoms with E-state index in [1.165, 1.54) is 0 Å². The van der Waals surface area contributed by atoms with Crippen LogP contribution in [0.2, 0.25) is 0 Å². The first-order chi connectivity index (χ1) is 5.41. The highest BCUT2D eigenvalue weighted by Crippen LogP contribution is 2.34. The van der Waals surface area contributed by atoms with E-state index in [2.05, 4.69) is 0 Å². The molecule has 0 saturated heterocycles. The van der Waals surface area contributed by atoms with Crippen molar-refractivity contribution in [1.82, 2.24) is 0 Å². The summed E-state index contributed by atoms with van der Waals surface area (Å²) in [6.07, 6.45) is 0. The number of phenolic OH excluding ortho intramolecular Hbond substituents is 1. The molecule has 0 aromatic heterocycles. The Balaban J connectivity index is 3.23. The van der Waals surface area contributed by atoms with Crippen LogP contribution in [0.5, 0.6) is 5.75 Å². The maximum atomic E-state index is 10.7. The highest BCUT2D eigenvalue weighted by atomic mass is 31.2. The minimum absolute atomic E-state index is 0.0455. The fourth-order valence-corrected chi connectivity index (χ4v) is 1.30. The van der Waals surface area contributed by atoms with Gasteiger partial charge in [-0.05, 0) is 18.2 Å². The maximum absolute atomic E-state index is 10.7. The van der Waals surface area contributed by atoms with Crippen LogP contribution in [-0.2, 0) is 4.57 Å². The molecule has 0 radical (unpaired) electrons. The van der Waals surface area contributed by atoms with Crippen LogP contribution >= 0.6 is 7.60 Å². The van der Waals surface area contributed by atoms with Gasteiger partial charge in [0.05, 0.1) is 11.0 Å². The molecule has 0 amide bonds. The lowest BCUT2D eigenvalue weighted by atomic mass is 10.3. The quantitative estimate of drug-likeness (QED) is 0.277. The summed E-state index contributed by atoms with van der Waals surface area (Å²) in [5.41, 5.74) is 5.18. The molecule has 1 aromatic carbocycles. The molecule has 0 heterocycles. The third kappa shape index (κ3) is 1.76. The first-order valence-electron chi connectivity index (χ1n) is 3.06. The number of hydrogen-bond acceptors (Lipinski definition) is 3. The largest absolute Gasteiger partial charge is 0.506 e. The van der Waals surface area contributed by atoms with Gasteiger partial charge in [-0.2, -0.15) is 0 Å². The Labute approximate surface area is 68.6 Å². The molecule has 5 nitrogen and oxygen atoms in total. The number of aromatic hydroxyl groups is 1. The van der Waals surface area contributed by atoms with E-state index in [1.807, 2.05) is 0 Å². The molecule has 0 bridgehead atoms. The Bertz CT molecular complexity index is 345. The van der Waals surface area contributed by atoms with Gasteiger partial charge in [0.2, 0.25) is 0 Å². The van der Waals surface area contributed by atoms with Crippen LogP contribution in [0.1, 0.15) is 0 Å². The van der Waals surface area contributed by atoms with Crippen LogP contribution < -0.4 is 11.0 Å². The fraction of sp³-hybridized carbons (Fsp3) is 0. The summed E-state index contributed by atoms with van der Waals surface area (Å²) in [4.78, 5) is 17.4. The van der Waals surface area contributed by atoms with E-state index in [1.54, 1.807) is 0 Å². The second-order valence-corrected chi connectivity index (χ2v) is 3.89. The van der Waals surface area contributed by atoms with Gasteiger partial charge in [0.25, 0.3) is 0 Å². The summed E-state index contributed by atoms with van der Waals surface area (Å²) < 4.78 is 10.7. The zero-order valence-corrected chi connectivity index (χ0v) is 6.90. The van der Waals surface area contributed by atoms with Crippen LogP contribution in [-0.4, -0.2) is 14.9 Å². The molecule has 1 rings (SSSR count). The topological polar surface area (TPSA) is 104 Å². The maximum Gasteiger partial charge on any atom is 0.356 e. The monoisotopic (exact) mass is 189 g/mol. The summed E-state index contributed by atoms with van der Waals surface area (Å²) in [5, 5.41) is 8.73. The number of anilines is 1. The van der Waals surface area contributed by atoms with Gasteiger partial charge < -0.3 is 20.6 Å². The SMILES string of the molecule is Nc1cc(P(=O)(O)O)ccc1O. The van der Waals surface area contributed by atoms with Gasteiger partial charge in [-0.15, -0.1) is 0 Å². The molecular weight excluding hydrogens is 181 g/mol. The van der Waals surface area contributed by atoms with Gasteiger partial charge in [-0.1, -0.05) is 0 Å². The van der Waals surface area contributed by atoms with Crippen LogP contribution in [0.15, 0.2) is 18.2 Å². The summed E-state index contributed by atoms with van der Waals surface area (Å²) in [5.74, 6) is -0.188. The molecule has 6 heteroatoms. The molecule has 0 unspecified atom stereocenters. The average Bonchev–Trinajstić information content (AvgIpc) is 1.92. The molecule has 66 valence electrons. The third-order valence-corrected chi connectivity index (χ3v) is 2.30. The van der Waals surface area contributed by atoms with Gasteiger partial charge in [0, 0.05) is 0 Å². The number of nitrogen functional groups attached to an aromatic ring is 1. The van der Waals surface area contributed by atoms with E-state index in [0.29, 0.717) is 0 Å². The van der Waals surface area contributed by atoms with E-state index >= 15 is 0 Å². The first-order valence-corrected chi connectivity index (χ1v) is 4.67. The summed E-state index contributed by atoms with van der Waals surface area (Å²) >= 11 is 0. The predicted molar refractivity (Wildman–Crippen MR) is 44.2 cm³/mol. The summed E-state index contributed by atoms with van der Waals surface area (Å²) in [6, 6.07) is 3.33. The van der Waals surface area contributed by atoms with E-state index < -0.39 is 7.60 Å². The lowest BCUT2D eigenvalue weighted by Gasteiger charge is -2.05. The summed E-state index contributed by atoms with van der Waals surface area (Å²) in [6.45, 7) is 0. The first kappa shape index (κ1) is 9.06. The highest BCUT2D eigenvalue weighted by Gasteiger charge is 2.17. The van der Waals surface area contributed by atoms with E-state index in [-0.39, 0.29) is 16.7 Å². The van der Waals surface area contributed by atoms with Crippen molar-refractivity contribution in [3.05, 3.63) is 18.2 Å². The Morgan fingerprint density at radius 3 is 2.33 bits per heavy atom. The zero-order valence-electron chi connectivity index (χ0n) is 6.01. The standard InChI is InChI=1S/C6H8NO4P/c7-5-3-4(12(9,10)11)1-2-6(5)8/h1-3,8H,7H2,(H2,9,10,11). The number of hydrogen-bond donors (Lipinski definition) is 4. The van der Waals surface area contributed by atoms with Gasteiger partial charge in [0.15, 0.2) is 0 Å². The van der Waals surface area contributed by atoms with Crippen LogP contribution in [0, 0.1) is 0 Å². The second kappa shape index (κ2) is 2.79. The van der Waals surface area contributed by atoms with Crippen LogP contribution in [0.4, 0.5) is 5.69 Å². The molecule has 0 atom stereocenters. The Morgan fingerprint density at radius 1 is 1.33 bits per heavy atom. The van der Waals surface area contributed by atoms with Crippen molar-refractivity contribution in [3.63, 3.8) is 0 Å². The molecule has 0 spiro atoms. The van der Waals surface area contributed by atoms with E-state index in [0.717, 1.165) is 18.2 Å². The molecule has 12 heavy (non-hydrogen) atoms. The predicted octanol–water partition coefficient (Wildman–Crippen LogP) is -0.223. The van der Waals surface area contributed by atoms with Gasteiger partial charge in [0.1, 0.15) is 5.75 Å². The molecule has 0 saturated carbocycles. The zero-order chi connectivity index (χ0) is 9.35. The fourth-order valence-electron chi connectivity index (χ4n) is 0.723. The van der Waals surface area contributed by atoms with Crippen molar-refractivity contribution in [2.24, 2.45) is 0 Å². The van der Waals surface area contributed by atoms with Crippen molar-refractivity contribution in [2.75, 3.05) is 5.73 Å². The van der Waals surface area contributed by atoms with Crippen molar-refractivity contribution < 1.29 is 19.5 Å². The van der Waals surface area contributed by atoms with Gasteiger partial charge in [-0.3, -0.25) is 4.57 Å². The molecule has 0 fully saturated rings. The Morgan fingerprint density at radius 2 is 1.92 bits per heavy atom. The third-order valence-electron chi connectivity index (χ3n) is 1.35. The summed E-state index contributed by atoms with van der Waals surface area (Å²) in [7, 11) is -4.26. The van der Waals surface area contributed by atoms with Crippen LogP contribution in [0.25, 0.3) is 0 Å². The smallest absolute Gasteiger partial charge is 0.356 e. The normalized spacial score (nSPS) is 11.5. The number of phenols is 1. The van der Waals surface area contributed by atoms with Crippen molar-refractivity contribution in [3.8, 4) is 5.75 Å². The molecule has 5 N–H and O–H groups in total. The lowest BCUT2D eigenvalue weighted by Crippen LogP contribution is -2.04. The Kier molecular flexibility index (Phi) is 2.10. The van der Waals surface area contributed by atoms with Crippen molar-refractivity contribution in [1.29, 1.82) is 0 Å². The minimum Gasteiger partial charge on any atom is -0.506 e. The van der Waals surface area contributed by atoms with Crippen molar-refractivity contribution >= 4 is 18.6 Å². The number of nitrogens with two attached hydrogens (primary N) is 1. The molecule has 0 aliphatic heterocycles. The number of benzene rings is 1. The highest BCUT2D eigenvalue weighted by molar-refractivity contribution is 7.60. The molecule has 0 aliphatic carbocycles. The molecule has 1 aromatic rings. The van der Waals surface area contributed by atoms with Gasteiger partial charge in [-0.25, -0.2) is 0 Å². The molecular formula is C6H8NO4P. The van der Waals surface area contributed by atoms with E-state index in [4.69, 9.17) is 20.6 Å². The van der Waals surface area contributed by atoms with Crippen molar-refractivity contribution in [2.45, 2.75) is 0 Å². The minimum atomic E-state index is -4.26. The van der Waals surface area contributed by atoms with Crippen LogP contribution in [0.3, 0.4) is 0 Å². The second-order valence-electron chi connectivity index (χ2n) is 2.29. The lowest BCUT2D eigenvalue weighted by molar-refractivity contribution is 0.387. The Hall–Kier alpha value is -1.03. The number of rotatable bonds is 1. The van der Waals surface area contributed by atoms with Gasteiger partial charge >= 0.3 is 7.60 Å². The average molecular weight is 189 g/mol. The van der Waals surface area contributed by atoms with E-state index in [9.17, 15) is 4.57 Å².